The van der Waals surface area contributed by atoms with E-state index in [2.05, 4.69) is 14.9 Å². The van der Waals surface area contributed by atoms with E-state index < -0.39 is 5.97 Å². The van der Waals surface area contributed by atoms with Crippen LogP contribution < -0.4 is 4.74 Å². The standard InChI is InChI=1S/C19H23N3O4/c23-16-3-1-9-22(10-6-16)12-15-11-14(19-20-7-2-8-21-19)4-5-17(15)26-13-18(24)25/h2,4-5,7-8,11,16,23H,1,3,6,9-10,12-13H2,(H,24,25). The van der Waals surface area contributed by atoms with Crippen LogP contribution in [0.25, 0.3) is 11.4 Å². The van der Waals surface area contributed by atoms with E-state index in [4.69, 9.17) is 9.84 Å². The molecule has 0 aliphatic carbocycles. The lowest BCUT2D eigenvalue weighted by molar-refractivity contribution is -0.139. The lowest BCUT2D eigenvalue weighted by Gasteiger charge is -2.22. The normalized spacial score (nSPS) is 18.3. The van der Waals surface area contributed by atoms with Crippen molar-refractivity contribution in [2.75, 3.05) is 19.7 Å². The Morgan fingerprint density at radius 1 is 1.23 bits per heavy atom. The Bertz CT molecular complexity index is 739. The number of hydrogen-bond acceptors (Lipinski definition) is 6. The molecular formula is C19H23N3O4. The molecule has 0 bridgehead atoms. The van der Waals surface area contributed by atoms with Crippen molar-refractivity contribution in [3.05, 3.63) is 42.2 Å². The molecule has 7 heteroatoms. The number of aliphatic hydroxyl groups excluding tert-OH is 1. The van der Waals surface area contributed by atoms with Crippen LogP contribution in [0.3, 0.4) is 0 Å². The monoisotopic (exact) mass is 357 g/mol. The fraction of sp³-hybridized carbons (Fsp3) is 0.421. The Balaban J connectivity index is 1.84. The molecule has 0 saturated carbocycles. The van der Waals surface area contributed by atoms with Crippen molar-refractivity contribution in [2.45, 2.75) is 31.9 Å². The van der Waals surface area contributed by atoms with Crippen LogP contribution in [0.5, 0.6) is 5.75 Å². The smallest absolute Gasteiger partial charge is 0.341 e. The predicted molar refractivity (Wildman–Crippen MR) is 95.7 cm³/mol. The van der Waals surface area contributed by atoms with Gasteiger partial charge in [0.2, 0.25) is 0 Å². The molecule has 2 aromatic rings. The molecule has 1 aromatic carbocycles. The Morgan fingerprint density at radius 3 is 2.81 bits per heavy atom. The Morgan fingerprint density at radius 2 is 2.04 bits per heavy atom. The first-order valence-corrected chi connectivity index (χ1v) is 8.77. The number of carboxylic acids is 1. The molecule has 1 aromatic heterocycles. The van der Waals surface area contributed by atoms with E-state index in [1.165, 1.54) is 0 Å². The molecule has 1 aliphatic heterocycles. The number of carboxylic acid groups (broad SMARTS) is 1. The summed E-state index contributed by atoms with van der Waals surface area (Å²) in [7, 11) is 0. The van der Waals surface area contributed by atoms with Crippen LogP contribution in [0, 0.1) is 0 Å². The van der Waals surface area contributed by atoms with Gasteiger partial charge >= 0.3 is 5.97 Å². The van der Waals surface area contributed by atoms with Crippen LogP contribution in [0.15, 0.2) is 36.7 Å². The minimum atomic E-state index is -1.01. The fourth-order valence-electron chi connectivity index (χ4n) is 3.11. The number of rotatable bonds is 6. The molecule has 3 rings (SSSR count). The SMILES string of the molecule is O=C(O)COc1ccc(-c2ncccn2)cc1CN1CCCC(O)CC1. The lowest BCUT2D eigenvalue weighted by atomic mass is 10.1. The van der Waals surface area contributed by atoms with Gasteiger partial charge in [0.25, 0.3) is 0 Å². The fourth-order valence-corrected chi connectivity index (χ4v) is 3.11. The second kappa shape index (κ2) is 8.73. The van der Waals surface area contributed by atoms with Crippen molar-refractivity contribution in [1.82, 2.24) is 14.9 Å². The highest BCUT2D eigenvalue weighted by atomic mass is 16.5. The third-order valence-electron chi connectivity index (χ3n) is 4.42. The first-order valence-electron chi connectivity index (χ1n) is 8.77. The highest BCUT2D eigenvalue weighted by Crippen LogP contribution is 2.27. The minimum absolute atomic E-state index is 0.244. The average molecular weight is 357 g/mol. The van der Waals surface area contributed by atoms with Crippen molar-refractivity contribution in [3.8, 4) is 17.1 Å². The van der Waals surface area contributed by atoms with Gasteiger partial charge in [0.05, 0.1) is 6.10 Å². The molecule has 138 valence electrons. The van der Waals surface area contributed by atoms with Crippen LogP contribution in [-0.2, 0) is 11.3 Å². The first kappa shape index (κ1) is 18.3. The molecule has 0 radical (unpaired) electrons. The molecule has 26 heavy (non-hydrogen) atoms. The van der Waals surface area contributed by atoms with Crippen molar-refractivity contribution >= 4 is 5.97 Å². The van der Waals surface area contributed by atoms with Gasteiger partial charge in [0.1, 0.15) is 5.75 Å². The van der Waals surface area contributed by atoms with Crippen molar-refractivity contribution < 1.29 is 19.7 Å². The molecule has 2 heterocycles. The number of benzene rings is 1. The van der Waals surface area contributed by atoms with Crippen molar-refractivity contribution in [2.24, 2.45) is 0 Å². The van der Waals surface area contributed by atoms with Gasteiger partial charge in [-0.25, -0.2) is 14.8 Å². The predicted octanol–water partition coefficient (Wildman–Crippen LogP) is 1.95. The summed E-state index contributed by atoms with van der Waals surface area (Å²) in [6.45, 7) is 1.93. The summed E-state index contributed by atoms with van der Waals surface area (Å²) in [5.74, 6) is 0.158. The van der Waals surface area contributed by atoms with Crippen LogP contribution in [-0.4, -0.2) is 56.9 Å². The van der Waals surface area contributed by atoms with E-state index in [9.17, 15) is 9.90 Å². The number of hydrogen-bond donors (Lipinski definition) is 2. The van der Waals surface area contributed by atoms with Crippen LogP contribution >= 0.6 is 0 Å². The Hall–Kier alpha value is -2.51. The molecule has 1 aliphatic rings. The van der Waals surface area contributed by atoms with Gasteiger partial charge < -0.3 is 14.9 Å². The van der Waals surface area contributed by atoms with Crippen LogP contribution in [0.1, 0.15) is 24.8 Å². The van der Waals surface area contributed by atoms with Gasteiger partial charge in [-0.2, -0.15) is 0 Å². The van der Waals surface area contributed by atoms with E-state index in [0.717, 1.165) is 43.5 Å². The number of nitrogens with zero attached hydrogens (tertiary/aromatic N) is 3. The van der Waals surface area contributed by atoms with E-state index in [0.29, 0.717) is 18.1 Å². The third-order valence-corrected chi connectivity index (χ3v) is 4.42. The largest absolute Gasteiger partial charge is 0.482 e. The van der Waals surface area contributed by atoms with Gasteiger partial charge in [-0.15, -0.1) is 0 Å². The number of aliphatic hydroxyl groups is 1. The zero-order valence-electron chi connectivity index (χ0n) is 14.5. The highest BCUT2D eigenvalue weighted by molar-refractivity contribution is 5.68. The number of likely N-dealkylation sites (tertiary alicyclic amines) is 1. The summed E-state index contributed by atoms with van der Waals surface area (Å²) in [6.07, 6.45) is 5.63. The average Bonchev–Trinajstić information content (AvgIpc) is 2.85. The number of aromatic nitrogens is 2. The van der Waals surface area contributed by atoms with Gasteiger partial charge in [-0.3, -0.25) is 4.90 Å². The molecule has 2 N–H and O–H groups in total. The van der Waals surface area contributed by atoms with Gasteiger partial charge in [0, 0.05) is 36.6 Å². The van der Waals surface area contributed by atoms with Crippen LogP contribution in [0.2, 0.25) is 0 Å². The molecular weight excluding hydrogens is 334 g/mol. The van der Waals surface area contributed by atoms with Gasteiger partial charge in [-0.05, 0) is 50.1 Å². The summed E-state index contributed by atoms with van der Waals surface area (Å²) >= 11 is 0. The maximum absolute atomic E-state index is 10.9. The highest BCUT2D eigenvalue weighted by Gasteiger charge is 2.17. The topological polar surface area (TPSA) is 95.8 Å². The van der Waals surface area contributed by atoms with E-state index >= 15 is 0 Å². The summed E-state index contributed by atoms with van der Waals surface area (Å²) < 4.78 is 5.47. The molecule has 1 atom stereocenters. The zero-order valence-corrected chi connectivity index (χ0v) is 14.5. The molecule has 1 fully saturated rings. The molecule has 1 unspecified atom stereocenters. The first-order chi connectivity index (χ1) is 12.6. The second-order valence-electron chi connectivity index (χ2n) is 6.44. The van der Waals surface area contributed by atoms with Crippen molar-refractivity contribution in [1.29, 1.82) is 0 Å². The van der Waals surface area contributed by atoms with Crippen molar-refractivity contribution in [3.63, 3.8) is 0 Å². The third kappa shape index (κ3) is 5.00. The van der Waals surface area contributed by atoms with E-state index in [-0.39, 0.29) is 12.7 Å². The molecule has 0 amide bonds. The quantitative estimate of drug-likeness (QED) is 0.816. The second-order valence-corrected chi connectivity index (χ2v) is 6.44. The zero-order chi connectivity index (χ0) is 18.4. The Labute approximate surface area is 152 Å². The van der Waals surface area contributed by atoms with Gasteiger partial charge in [0.15, 0.2) is 12.4 Å². The van der Waals surface area contributed by atoms with Gasteiger partial charge in [-0.1, -0.05) is 0 Å². The molecule has 1 saturated heterocycles. The minimum Gasteiger partial charge on any atom is -0.482 e. The number of carbonyl (C=O) groups is 1. The summed E-state index contributed by atoms with van der Waals surface area (Å²) in [6, 6.07) is 7.32. The lowest BCUT2D eigenvalue weighted by Crippen LogP contribution is -2.25. The maximum atomic E-state index is 10.9. The summed E-state index contributed by atoms with van der Waals surface area (Å²) in [5, 5.41) is 18.7. The number of ether oxygens (including phenoxy) is 1. The van der Waals surface area contributed by atoms with Crippen LogP contribution in [0.4, 0.5) is 0 Å². The summed E-state index contributed by atoms with van der Waals surface area (Å²) in [4.78, 5) is 21.7. The van der Waals surface area contributed by atoms with E-state index in [1.807, 2.05) is 12.1 Å². The summed E-state index contributed by atoms with van der Waals surface area (Å²) in [5.41, 5.74) is 1.76. The molecule has 0 spiro atoms. The Kier molecular flexibility index (Phi) is 6.14. The van der Waals surface area contributed by atoms with E-state index in [1.54, 1.807) is 24.5 Å². The maximum Gasteiger partial charge on any atom is 0.341 e. The number of aliphatic carboxylic acids is 1. The molecule has 7 nitrogen and oxygen atoms in total.